The van der Waals surface area contributed by atoms with E-state index >= 15 is 0 Å². The van der Waals surface area contributed by atoms with Gasteiger partial charge >= 0.3 is 5.97 Å². The van der Waals surface area contributed by atoms with Gasteiger partial charge in [0.2, 0.25) is 0 Å². The third-order valence-electron chi connectivity index (χ3n) is 7.68. The van der Waals surface area contributed by atoms with Crippen molar-refractivity contribution in [3.63, 3.8) is 0 Å². The summed E-state index contributed by atoms with van der Waals surface area (Å²) in [4.78, 5) is 11.8. The number of aliphatic hydroxyl groups is 1. The summed E-state index contributed by atoms with van der Waals surface area (Å²) in [6, 6.07) is 0. The summed E-state index contributed by atoms with van der Waals surface area (Å²) in [5.74, 6) is 0.780. The summed E-state index contributed by atoms with van der Waals surface area (Å²) in [7, 11) is 0. The molecule has 0 radical (unpaired) electrons. The van der Waals surface area contributed by atoms with Crippen LogP contribution in [0, 0.1) is 34.5 Å². The van der Waals surface area contributed by atoms with E-state index in [0.29, 0.717) is 17.8 Å². The molecule has 0 aromatic rings. The van der Waals surface area contributed by atoms with E-state index in [1.165, 1.54) is 12.0 Å². The number of allylic oxidation sites excluding steroid dienone is 2. The standard InChI is InChI=1S/C20H32O3/c1-13(12-21)5-4-9-19(3)16-11-20(10-8-14(16)2)15(18(22)23)6-7-17(19)20/h8,13,15-17,21H,4-7,9-12H2,1-3H3,(H,22,23). The normalized spacial score (nSPS) is 43.1. The maximum atomic E-state index is 11.8. The molecule has 3 rings (SSSR count). The van der Waals surface area contributed by atoms with Crippen LogP contribution in [0.4, 0.5) is 0 Å². The number of carbonyl (C=O) groups is 1. The van der Waals surface area contributed by atoms with Crippen molar-refractivity contribution in [3.05, 3.63) is 11.6 Å². The lowest BCUT2D eigenvalue weighted by molar-refractivity contribution is -0.146. The van der Waals surface area contributed by atoms with Crippen LogP contribution in [0.3, 0.4) is 0 Å². The van der Waals surface area contributed by atoms with Crippen LogP contribution in [0.25, 0.3) is 0 Å². The van der Waals surface area contributed by atoms with Gasteiger partial charge in [-0.1, -0.05) is 31.9 Å². The molecule has 2 N–H and O–H groups in total. The highest BCUT2D eigenvalue weighted by Gasteiger charge is 2.66. The third kappa shape index (κ3) is 2.47. The molecule has 0 heterocycles. The first kappa shape index (κ1) is 17.0. The number of carboxylic acid groups (broad SMARTS) is 1. The Hall–Kier alpha value is -0.830. The molecule has 3 heteroatoms. The van der Waals surface area contributed by atoms with E-state index in [9.17, 15) is 15.0 Å². The molecule has 0 aromatic carbocycles. The first-order chi connectivity index (χ1) is 10.8. The molecule has 0 saturated heterocycles. The van der Waals surface area contributed by atoms with Crippen LogP contribution in [0.5, 0.6) is 0 Å². The summed E-state index contributed by atoms with van der Waals surface area (Å²) in [6.07, 6.45) is 9.75. The number of hydrogen-bond donors (Lipinski definition) is 2. The predicted molar refractivity (Wildman–Crippen MR) is 91.0 cm³/mol. The Morgan fingerprint density at radius 3 is 2.83 bits per heavy atom. The Labute approximate surface area is 140 Å². The zero-order valence-corrected chi connectivity index (χ0v) is 14.8. The van der Waals surface area contributed by atoms with Gasteiger partial charge in [-0.2, -0.15) is 0 Å². The quantitative estimate of drug-likeness (QED) is 0.719. The van der Waals surface area contributed by atoms with Gasteiger partial charge in [-0.05, 0) is 74.0 Å². The lowest BCUT2D eigenvalue weighted by atomic mass is 9.65. The molecule has 3 aliphatic carbocycles. The smallest absolute Gasteiger partial charge is 0.307 e. The summed E-state index contributed by atoms with van der Waals surface area (Å²) in [5, 5.41) is 19.0. The highest BCUT2D eigenvalue weighted by molar-refractivity contribution is 5.72. The van der Waals surface area contributed by atoms with Gasteiger partial charge in [-0.25, -0.2) is 0 Å². The molecule has 23 heavy (non-hydrogen) atoms. The predicted octanol–water partition coefficient (Wildman–Crippen LogP) is 4.26. The van der Waals surface area contributed by atoms with Crippen molar-refractivity contribution in [3.8, 4) is 0 Å². The zero-order chi connectivity index (χ0) is 16.8. The van der Waals surface area contributed by atoms with Crippen molar-refractivity contribution < 1.29 is 15.0 Å². The lowest BCUT2D eigenvalue weighted by Gasteiger charge is -2.38. The van der Waals surface area contributed by atoms with Gasteiger partial charge in [0.15, 0.2) is 0 Å². The first-order valence-corrected chi connectivity index (χ1v) is 9.35. The van der Waals surface area contributed by atoms with Crippen molar-refractivity contribution in [2.75, 3.05) is 6.61 Å². The number of carboxylic acids is 1. The molecule has 2 saturated carbocycles. The molecule has 130 valence electrons. The second-order valence-electron chi connectivity index (χ2n) is 8.85. The molecule has 6 atom stereocenters. The van der Waals surface area contributed by atoms with E-state index in [1.54, 1.807) is 0 Å². The molecule has 3 aliphatic rings. The fraction of sp³-hybridized carbons (Fsp3) is 0.850. The highest BCUT2D eigenvalue weighted by atomic mass is 16.4. The Kier molecular flexibility index (Phi) is 4.37. The van der Waals surface area contributed by atoms with Crippen molar-refractivity contribution >= 4 is 5.97 Å². The van der Waals surface area contributed by atoms with Crippen molar-refractivity contribution in [1.29, 1.82) is 0 Å². The molecule has 1 spiro atoms. The fourth-order valence-corrected chi connectivity index (χ4v) is 6.46. The van der Waals surface area contributed by atoms with Crippen LogP contribution in [0.1, 0.15) is 65.7 Å². The number of aliphatic carboxylic acids is 1. The summed E-state index contributed by atoms with van der Waals surface area (Å²) in [5.41, 5.74) is 1.76. The largest absolute Gasteiger partial charge is 0.481 e. The Balaban J connectivity index is 1.84. The minimum Gasteiger partial charge on any atom is -0.481 e. The topological polar surface area (TPSA) is 57.5 Å². The molecule has 6 unspecified atom stereocenters. The van der Waals surface area contributed by atoms with Crippen LogP contribution in [-0.2, 0) is 4.79 Å². The Bertz CT molecular complexity index is 511. The van der Waals surface area contributed by atoms with Crippen LogP contribution >= 0.6 is 0 Å². The average molecular weight is 320 g/mol. The van der Waals surface area contributed by atoms with E-state index in [4.69, 9.17) is 0 Å². The summed E-state index contributed by atoms with van der Waals surface area (Å²) < 4.78 is 0. The van der Waals surface area contributed by atoms with E-state index < -0.39 is 5.97 Å². The Morgan fingerprint density at radius 2 is 2.17 bits per heavy atom. The molecule has 0 amide bonds. The van der Waals surface area contributed by atoms with Crippen LogP contribution < -0.4 is 0 Å². The minimum atomic E-state index is -0.572. The molecule has 0 aromatic heterocycles. The van der Waals surface area contributed by atoms with E-state index in [0.717, 1.165) is 38.5 Å². The maximum Gasteiger partial charge on any atom is 0.307 e. The summed E-state index contributed by atoms with van der Waals surface area (Å²) in [6.45, 7) is 7.06. The number of rotatable bonds is 6. The van der Waals surface area contributed by atoms with E-state index in [-0.39, 0.29) is 23.4 Å². The molecule has 0 aliphatic heterocycles. The van der Waals surface area contributed by atoms with Crippen LogP contribution in [-0.4, -0.2) is 22.8 Å². The second kappa shape index (κ2) is 5.91. The van der Waals surface area contributed by atoms with Gasteiger partial charge in [-0.15, -0.1) is 0 Å². The minimum absolute atomic E-state index is 0.0212. The average Bonchev–Trinajstić information content (AvgIpc) is 2.96. The molecule has 2 bridgehead atoms. The molecule has 2 fully saturated rings. The van der Waals surface area contributed by atoms with E-state index in [1.807, 2.05) is 0 Å². The van der Waals surface area contributed by atoms with Crippen molar-refractivity contribution in [2.45, 2.75) is 65.7 Å². The zero-order valence-electron chi connectivity index (χ0n) is 14.8. The summed E-state index contributed by atoms with van der Waals surface area (Å²) >= 11 is 0. The van der Waals surface area contributed by atoms with Gasteiger partial charge in [0.1, 0.15) is 0 Å². The van der Waals surface area contributed by atoms with E-state index in [2.05, 4.69) is 26.8 Å². The Morgan fingerprint density at radius 1 is 1.43 bits per heavy atom. The van der Waals surface area contributed by atoms with Crippen LogP contribution in [0.2, 0.25) is 0 Å². The number of aliphatic hydroxyl groups excluding tert-OH is 1. The number of hydrogen-bond acceptors (Lipinski definition) is 2. The van der Waals surface area contributed by atoms with Crippen molar-refractivity contribution in [1.82, 2.24) is 0 Å². The second-order valence-corrected chi connectivity index (χ2v) is 8.85. The molecular formula is C20H32O3. The van der Waals surface area contributed by atoms with Gasteiger partial charge < -0.3 is 10.2 Å². The SMILES string of the molecule is CC1=CCC23CC1C(C)(CCCC(C)CO)C2CCC3C(=O)O. The third-order valence-corrected chi connectivity index (χ3v) is 7.68. The number of fused-ring (bicyclic) bond motifs is 1. The maximum absolute atomic E-state index is 11.8. The van der Waals surface area contributed by atoms with Gasteiger partial charge in [-0.3, -0.25) is 4.79 Å². The monoisotopic (exact) mass is 320 g/mol. The molecule has 3 nitrogen and oxygen atoms in total. The fourth-order valence-electron chi connectivity index (χ4n) is 6.46. The van der Waals surface area contributed by atoms with Gasteiger partial charge in [0.25, 0.3) is 0 Å². The van der Waals surface area contributed by atoms with Crippen molar-refractivity contribution in [2.24, 2.45) is 34.5 Å². The van der Waals surface area contributed by atoms with Crippen LogP contribution in [0.15, 0.2) is 11.6 Å². The lowest BCUT2D eigenvalue weighted by Crippen LogP contribution is -2.36. The highest BCUT2D eigenvalue weighted by Crippen LogP contribution is 2.72. The van der Waals surface area contributed by atoms with Gasteiger partial charge in [0.05, 0.1) is 5.92 Å². The van der Waals surface area contributed by atoms with Gasteiger partial charge in [0, 0.05) is 6.61 Å². The molecular weight excluding hydrogens is 288 g/mol. The first-order valence-electron chi connectivity index (χ1n) is 9.35.